The van der Waals surface area contributed by atoms with Crippen LogP contribution in [0.15, 0.2) is 30.3 Å². The van der Waals surface area contributed by atoms with Crippen LogP contribution in [-0.4, -0.2) is 35.7 Å². The van der Waals surface area contributed by atoms with Crippen LogP contribution in [0.25, 0.3) is 0 Å². The number of hydrogen-bond acceptors (Lipinski definition) is 3. The van der Waals surface area contributed by atoms with Crippen molar-refractivity contribution in [1.29, 1.82) is 0 Å². The SMILES string of the molecule is O=C(NC1(C(=O)O)CCOCC1)C1CCC(c2ccccc2)CC1. The fourth-order valence-corrected chi connectivity index (χ4v) is 3.86. The molecule has 1 saturated heterocycles. The van der Waals surface area contributed by atoms with E-state index in [2.05, 4.69) is 29.6 Å². The third-order valence-electron chi connectivity index (χ3n) is 5.49. The lowest BCUT2D eigenvalue weighted by molar-refractivity contribution is -0.153. The minimum Gasteiger partial charge on any atom is -0.480 e. The van der Waals surface area contributed by atoms with Crippen LogP contribution in [0.4, 0.5) is 0 Å². The van der Waals surface area contributed by atoms with Crippen LogP contribution in [0.2, 0.25) is 0 Å². The van der Waals surface area contributed by atoms with Crippen molar-refractivity contribution in [3.63, 3.8) is 0 Å². The van der Waals surface area contributed by atoms with Gasteiger partial charge in [-0.3, -0.25) is 4.79 Å². The van der Waals surface area contributed by atoms with Gasteiger partial charge >= 0.3 is 5.97 Å². The summed E-state index contributed by atoms with van der Waals surface area (Å²) < 4.78 is 5.25. The summed E-state index contributed by atoms with van der Waals surface area (Å²) in [6.07, 6.45) is 4.27. The Morgan fingerprint density at radius 2 is 1.67 bits per heavy atom. The molecule has 5 heteroatoms. The molecule has 1 amide bonds. The Kier molecular flexibility index (Phi) is 5.19. The molecule has 0 aromatic heterocycles. The first-order chi connectivity index (χ1) is 11.6. The Hall–Kier alpha value is -1.88. The Labute approximate surface area is 142 Å². The van der Waals surface area contributed by atoms with Crippen molar-refractivity contribution >= 4 is 11.9 Å². The van der Waals surface area contributed by atoms with Crippen LogP contribution in [0, 0.1) is 5.92 Å². The molecule has 2 aliphatic rings. The molecule has 3 rings (SSSR count). The number of benzene rings is 1. The number of ether oxygens (including phenoxy) is 1. The topological polar surface area (TPSA) is 75.6 Å². The van der Waals surface area contributed by atoms with Crippen LogP contribution in [0.1, 0.15) is 50.0 Å². The Morgan fingerprint density at radius 1 is 1.04 bits per heavy atom. The molecule has 0 radical (unpaired) electrons. The molecule has 0 unspecified atom stereocenters. The monoisotopic (exact) mass is 331 g/mol. The first-order valence-corrected chi connectivity index (χ1v) is 8.79. The van der Waals surface area contributed by atoms with Crippen molar-refractivity contribution in [1.82, 2.24) is 5.32 Å². The summed E-state index contributed by atoms with van der Waals surface area (Å²) in [6, 6.07) is 10.4. The predicted molar refractivity (Wildman–Crippen MR) is 89.7 cm³/mol. The molecule has 1 aliphatic heterocycles. The largest absolute Gasteiger partial charge is 0.480 e. The number of carboxylic acids is 1. The second kappa shape index (κ2) is 7.34. The van der Waals surface area contributed by atoms with E-state index in [0.29, 0.717) is 32.0 Å². The third-order valence-corrected chi connectivity index (χ3v) is 5.49. The van der Waals surface area contributed by atoms with E-state index in [1.54, 1.807) is 0 Å². The number of aliphatic carboxylic acids is 1. The van der Waals surface area contributed by atoms with Crippen LogP contribution in [0.3, 0.4) is 0 Å². The standard InChI is InChI=1S/C19H25NO4/c21-17(20-19(18(22)23)10-12-24-13-11-19)16-8-6-15(7-9-16)14-4-2-1-3-5-14/h1-5,15-16H,6-13H2,(H,20,21)(H,22,23). The molecule has 0 atom stereocenters. The van der Waals surface area contributed by atoms with E-state index in [1.165, 1.54) is 5.56 Å². The fraction of sp³-hybridized carbons (Fsp3) is 0.579. The van der Waals surface area contributed by atoms with Gasteiger partial charge in [-0.15, -0.1) is 0 Å². The van der Waals surface area contributed by atoms with Crippen molar-refractivity contribution < 1.29 is 19.4 Å². The zero-order valence-electron chi connectivity index (χ0n) is 13.9. The maximum atomic E-state index is 12.6. The lowest BCUT2D eigenvalue weighted by Crippen LogP contribution is -2.58. The van der Waals surface area contributed by atoms with Gasteiger partial charge in [-0.25, -0.2) is 4.79 Å². The number of nitrogens with one attached hydrogen (secondary N) is 1. The maximum absolute atomic E-state index is 12.6. The first kappa shape index (κ1) is 17.0. The summed E-state index contributed by atoms with van der Waals surface area (Å²) in [5.74, 6) is -0.626. The molecule has 1 aromatic rings. The number of rotatable bonds is 4. The quantitative estimate of drug-likeness (QED) is 0.889. The van der Waals surface area contributed by atoms with Gasteiger partial charge in [-0.05, 0) is 37.2 Å². The fourth-order valence-electron chi connectivity index (χ4n) is 3.86. The summed E-state index contributed by atoms with van der Waals surface area (Å²) in [7, 11) is 0. The van der Waals surface area contributed by atoms with E-state index in [4.69, 9.17) is 4.74 Å². The van der Waals surface area contributed by atoms with Crippen molar-refractivity contribution in [3.8, 4) is 0 Å². The van der Waals surface area contributed by atoms with Crippen LogP contribution >= 0.6 is 0 Å². The Bertz CT molecular complexity index is 572. The molecule has 1 heterocycles. The van der Waals surface area contributed by atoms with Crippen molar-refractivity contribution in [2.24, 2.45) is 5.92 Å². The first-order valence-electron chi connectivity index (χ1n) is 8.79. The minimum atomic E-state index is -1.15. The summed E-state index contributed by atoms with van der Waals surface area (Å²) in [5.41, 5.74) is 0.189. The van der Waals surface area contributed by atoms with E-state index >= 15 is 0 Å². The molecule has 2 fully saturated rings. The third kappa shape index (κ3) is 3.61. The predicted octanol–water partition coefficient (Wildman–Crippen LogP) is 2.71. The summed E-state index contributed by atoms with van der Waals surface area (Å²) in [5, 5.41) is 12.4. The number of carbonyl (C=O) groups is 2. The number of amides is 1. The molecule has 24 heavy (non-hydrogen) atoms. The number of hydrogen-bond donors (Lipinski definition) is 2. The van der Waals surface area contributed by atoms with Gasteiger partial charge in [-0.2, -0.15) is 0 Å². The highest BCUT2D eigenvalue weighted by molar-refractivity contribution is 5.88. The van der Waals surface area contributed by atoms with Gasteiger partial charge in [0.15, 0.2) is 0 Å². The van der Waals surface area contributed by atoms with E-state index in [9.17, 15) is 14.7 Å². The lowest BCUT2D eigenvalue weighted by Gasteiger charge is -2.36. The van der Waals surface area contributed by atoms with Crippen LogP contribution < -0.4 is 5.32 Å². The van der Waals surface area contributed by atoms with Gasteiger partial charge in [0.05, 0.1) is 0 Å². The molecular formula is C19H25NO4. The summed E-state index contributed by atoms with van der Waals surface area (Å²) >= 11 is 0. The summed E-state index contributed by atoms with van der Waals surface area (Å²) in [6.45, 7) is 0.765. The average Bonchev–Trinajstić information content (AvgIpc) is 2.63. The van der Waals surface area contributed by atoms with Gasteiger partial charge < -0.3 is 15.2 Å². The molecule has 1 aliphatic carbocycles. The van der Waals surface area contributed by atoms with Gasteiger partial charge in [0, 0.05) is 32.0 Å². The maximum Gasteiger partial charge on any atom is 0.329 e. The smallest absolute Gasteiger partial charge is 0.329 e. The van der Waals surface area contributed by atoms with Crippen molar-refractivity contribution in [2.45, 2.75) is 50.0 Å². The summed E-state index contributed by atoms with van der Waals surface area (Å²) in [4.78, 5) is 24.3. The van der Waals surface area contributed by atoms with E-state index in [1.807, 2.05) is 6.07 Å². The van der Waals surface area contributed by atoms with E-state index < -0.39 is 11.5 Å². The van der Waals surface area contributed by atoms with Gasteiger partial charge in [0.25, 0.3) is 0 Å². The molecule has 130 valence electrons. The molecule has 1 aromatic carbocycles. The Balaban J connectivity index is 1.58. The van der Waals surface area contributed by atoms with Gasteiger partial charge in [0.2, 0.25) is 5.91 Å². The second-order valence-electron chi connectivity index (χ2n) is 6.95. The normalized spacial score (nSPS) is 26.5. The van der Waals surface area contributed by atoms with Crippen molar-refractivity contribution in [3.05, 3.63) is 35.9 Å². The zero-order valence-corrected chi connectivity index (χ0v) is 13.9. The average molecular weight is 331 g/mol. The lowest BCUT2D eigenvalue weighted by atomic mass is 9.78. The molecule has 2 N–H and O–H groups in total. The number of carboxylic acid groups (broad SMARTS) is 1. The highest BCUT2D eigenvalue weighted by Crippen LogP contribution is 2.36. The number of carbonyl (C=O) groups excluding carboxylic acids is 1. The minimum absolute atomic E-state index is 0.0796. The highest BCUT2D eigenvalue weighted by atomic mass is 16.5. The van der Waals surface area contributed by atoms with Crippen LogP contribution in [0.5, 0.6) is 0 Å². The van der Waals surface area contributed by atoms with E-state index in [0.717, 1.165) is 25.7 Å². The zero-order chi connectivity index (χ0) is 17.0. The highest BCUT2D eigenvalue weighted by Gasteiger charge is 2.43. The van der Waals surface area contributed by atoms with Gasteiger partial charge in [-0.1, -0.05) is 30.3 Å². The Morgan fingerprint density at radius 3 is 2.25 bits per heavy atom. The molecule has 1 saturated carbocycles. The molecular weight excluding hydrogens is 306 g/mol. The molecule has 5 nitrogen and oxygen atoms in total. The van der Waals surface area contributed by atoms with Crippen LogP contribution in [-0.2, 0) is 14.3 Å². The van der Waals surface area contributed by atoms with E-state index in [-0.39, 0.29) is 11.8 Å². The molecule has 0 bridgehead atoms. The second-order valence-corrected chi connectivity index (χ2v) is 6.95. The molecule has 0 spiro atoms. The van der Waals surface area contributed by atoms with Crippen molar-refractivity contribution in [2.75, 3.05) is 13.2 Å². The van der Waals surface area contributed by atoms with Gasteiger partial charge in [0.1, 0.15) is 5.54 Å².